The Bertz CT molecular complexity index is 2190. The summed E-state index contributed by atoms with van der Waals surface area (Å²) in [6.07, 6.45) is 0. The Kier molecular flexibility index (Phi) is 4.59. The van der Waals surface area contributed by atoms with Crippen LogP contribution < -0.4 is 0 Å². The smallest absolute Gasteiger partial charge is 0.0541 e. The summed E-state index contributed by atoms with van der Waals surface area (Å²) in [5.41, 5.74) is 9.86. The number of benzene rings is 6. The fourth-order valence-corrected chi connectivity index (χ4v) is 7.09. The molecule has 0 saturated heterocycles. The van der Waals surface area contributed by atoms with E-state index in [2.05, 4.69) is 154 Å². The second kappa shape index (κ2) is 8.36. The molecule has 9 rings (SSSR count). The van der Waals surface area contributed by atoms with Gasteiger partial charge >= 0.3 is 0 Å². The van der Waals surface area contributed by atoms with E-state index in [4.69, 9.17) is 0 Å². The van der Waals surface area contributed by atoms with Gasteiger partial charge in [0.15, 0.2) is 0 Å². The van der Waals surface area contributed by atoms with E-state index in [-0.39, 0.29) is 0 Å². The van der Waals surface area contributed by atoms with Crippen LogP contribution in [0.25, 0.3) is 76.8 Å². The van der Waals surface area contributed by atoms with Crippen LogP contribution >= 0.6 is 0 Å². The van der Waals surface area contributed by atoms with E-state index in [1.165, 1.54) is 76.8 Å². The zero-order valence-corrected chi connectivity index (χ0v) is 22.8. The van der Waals surface area contributed by atoms with E-state index in [1.807, 2.05) is 0 Å². The van der Waals surface area contributed by atoms with Crippen LogP contribution in [0.5, 0.6) is 0 Å². The molecule has 9 aromatic rings. The van der Waals surface area contributed by atoms with Gasteiger partial charge in [0.2, 0.25) is 0 Å². The normalized spacial score (nSPS) is 12.1. The molecule has 3 heterocycles. The molecule has 0 saturated carbocycles. The lowest BCUT2D eigenvalue weighted by Crippen LogP contribution is -1.98. The Labute approximate surface area is 237 Å². The highest BCUT2D eigenvalue weighted by Crippen LogP contribution is 2.37. The third-order valence-electron chi connectivity index (χ3n) is 8.83. The maximum absolute atomic E-state index is 2.47. The third-order valence-corrected chi connectivity index (χ3v) is 8.83. The van der Waals surface area contributed by atoms with E-state index in [0.29, 0.717) is 0 Å². The highest BCUT2D eigenvalue weighted by atomic mass is 15.0. The molecule has 0 atom stereocenters. The van der Waals surface area contributed by atoms with Crippen LogP contribution in [0, 0.1) is 0 Å². The number of aryl methyl sites for hydroxylation is 1. The molecule has 194 valence electrons. The molecule has 0 amide bonds. The number of hydrogen-bond acceptors (Lipinski definition) is 0. The number of nitrogens with zero attached hydrogens (tertiary/aromatic N) is 3. The van der Waals surface area contributed by atoms with Gasteiger partial charge in [-0.1, -0.05) is 84.9 Å². The van der Waals surface area contributed by atoms with Crippen molar-refractivity contribution in [1.82, 2.24) is 13.7 Å². The number of hydrogen-bond donors (Lipinski definition) is 0. The standard InChI is InChI=1S/C38H27N3/c1-2-39-37-23-25(40-33-15-7-3-11-27(33)28-12-4-8-16-34(28)40)19-21-31(37)32-22-20-26(24-38(32)39)41-35-17-9-5-13-29(35)30-14-6-10-18-36(30)41/h3-24H,2H2,1H3. The van der Waals surface area contributed by atoms with Crippen molar-refractivity contribution in [2.45, 2.75) is 13.5 Å². The summed E-state index contributed by atoms with van der Waals surface area (Å²) < 4.78 is 7.29. The molecule has 0 aliphatic rings. The first-order valence-electron chi connectivity index (χ1n) is 14.3. The Morgan fingerprint density at radius 3 is 1.02 bits per heavy atom. The molecule has 41 heavy (non-hydrogen) atoms. The lowest BCUT2D eigenvalue weighted by Gasteiger charge is -2.10. The zero-order chi connectivity index (χ0) is 27.1. The summed E-state index contributed by atoms with van der Waals surface area (Å²) in [6, 6.07) is 48.8. The SMILES string of the molecule is CCn1c2cc(-n3c4ccccc4c4ccccc43)ccc2c2ccc(-n3c4ccccc4c4ccccc43)cc21. The predicted octanol–water partition coefficient (Wildman–Crippen LogP) is 10.0. The van der Waals surface area contributed by atoms with Crippen LogP contribution in [0.3, 0.4) is 0 Å². The Hall–Kier alpha value is -5.28. The fraction of sp³-hybridized carbons (Fsp3) is 0.0526. The van der Waals surface area contributed by atoms with Gasteiger partial charge in [0.1, 0.15) is 0 Å². The van der Waals surface area contributed by atoms with E-state index in [1.54, 1.807) is 0 Å². The number of rotatable bonds is 3. The molecule has 0 N–H and O–H groups in total. The number of aromatic nitrogens is 3. The van der Waals surface area contributed by atoms with E-state index < -0.39 is 0 Å². The molecule has 3 heteroatoms. The summed E-state index contributed by atoms with van der Waals surface area (Å²) in [5.74, 6) is 0. The van der Waals surface area contributed by atoms with Crippen molar-refractivity contribution in [2.75, 3.05) is 0 Å². The van der Waals surface area contributed by atoms with Gasteiger partial charge in [-0.2, -0.15) is 0 Å². The molecule has 6 aromatic carbocycles. The van der Waals surface area contributed by atoms with Gasteiger partial charge < -0.3 is 13.7 Å². The third kappa shape index (κ3) is 3.03. The highest BCUT2D eigenvalue weighted by Gasteiger charge is 2.17. The second-order valence-electron chi connectivity index (χ2n) is 10.9. The summed E-state index contributed by atoms with van der Waals surface area (Å²) in [6.45, 7) is 3.15. The maximum Gasteiger partial charge on any atom is 0.0541 e. The Balaban J connectivity index is 1.31. The molecule has 0 fully saturated rings. The van der Waals surface area contributed by atoms with Crippen LogP contribution in [0.15, 0.2) is 133 Å². The van der Waals surface area contributed by atoms with Crippen LogP contribution in [0.1, 0.15) is 6.92 Å². The minimum absolute atomic E-state index is 0.896. The minimum Gasteiger partial charge on any atom is -0.341 e. The predicted molar refractivity (Wildman–Crippen MR) is 174 cm³/mol. The van der Waals surface area contributed by atoms with Crippen molar-refractivity contribution in [3.8, 4) is 11.4 Å². The molecule has 0 spiro atoms. The fourth-order valence-electron chi connectivity index (χ4n) is 7.09. The molecule has 0 bridgehead atoms. The van der Waals surface area contributed by atoms with Gasteiger partial charge in [0.05, 0.1) is 33.1 Å². The first-order valence-corrected chi connectivity index (χ1v) is 14.3. The maximum atomic E-state index is 2.47. The number of fused-ring (bicyclic) bond motifs is 9. The van der Waals surface area contributed by atoms with Crippen molar-refractivity contribution >= 4 is 65.4 Å². The zero-order valence-electron chi connectivity index (χ0n) is 22.8. The van der Waals surface area contributed by atoms with Crippen LogP contribution in [-0.4, -0.2) is 13.7 Å². The van der Waals surface area contributed by atoms with Crippen LogP contribution in [-0.2, 0) is 6.54 Å². The molecule has 0 aliphatic carbocycles. The molecular weight excluding hydrogens is 498 g/mol. The first-order chi connectivity index (χ1) is 20.3. The van der Waals surface area contributed by atoms with Crippen molar-refractivity contribution < 1.29 is 0 Å². The molecule has 3 nitrogen and oxygen atoms in total. The molecule has 0 radical (unpaired) electrons. The van der Waals surface area contributed by atoms with Crippen molar-refractivity contribution in [3.63, 3.8) is 0 Å². The van der Waals surface area contributed by atoms with E-state index in [0.717, 1.165) is 6.54 Å². The summed E-state index contributed by atoms with van der Waals surface area (Å²) in [7, 11) is 0. The monoisotopic (exact) mass is 525 g/mol. The quantitative estimate of drug-likeness (QED) is 0.218. The first kappa shape index (κ1) is 22.5. The van der Waals surface area contributed by atoms with Gasteiger partial charge in [-0.25, -0.2) is 0 Å². The van der Waals surface area contributed by atoms with Gasteiger partial charge in [-0.3, -0.25) is 0 Å². The summed E-state index contributed by atoms with van der Waals surface area (Å²) >= 11 is 0. The highest BCUT2D eigenvalue weighted by molar-refractivity contribution is 6.13. The van der Waals surface area contributed by atoms with Crippen molar-refractivity contribution in [3.05, 3.63) is 133 Å². The average Bonchev–Trinajstić information content (AvgIpc) is 3.66. The lowest BCUT2D eigenvalue weighted by molar-refractivity contribution is 0.826. The van der Waals surface area contributed by atoms with Crippen molar-refractivity contribution in [1.29, 1.82) is 0 Å². The molecule has 0 unspecified atom stereocenters. The van der Waals surface area contributed by atoms with Crippen molar-refractivity contribution in [2.24, 2.45) is 0 Å². The minimum atomic E-state index is 0.896. The topological polar surface area (TPSA) is 14.8 Å². The molecular formula is C38H27N3. The molecule has 0 aliphatic heterocycles. The summed E-state index contributed by atoms with van der Waals surface area (Å²) in [4.78, 5) is 0. The Morgan fingerprint density at radius 1 is 0.366 bits per heavy atom. The van der Waals surface area contributed by atoms with E-state index in [9.17, 15) is 0 Å². The number of para-hydroxylation sites is 4. The second-order valence-corrected chi connectivity index (χ2v) is 10.9. The van der Waals surface area contributed by atoms with Gasteiger partial charge in [-0.05, 0) is 55.5 Å². The lowest BCUT2D eigenvalue weighted by atomic mass is 10.1. The van der Waals surface area contributed by atoms with E-state index >= 15 is 0 Å². The van der Waals surface area contributed by atoms with Gasteiger partial charge in [0.25, 0.3) is 0 Å². The van der Waals surface area contributed by atoms with Crippen LogP contribution in [0.2, 0.25) is 0 Å². The van der Waals surface area contributed by atoms with Gasteiger partial charge in [0, 0.05) is 50.2 Å². The largest absolute Gasteiger partial charge is 0.341 e. The van der Waals surface area contributed by atoms with Crippen LogP contribution in [0.4, 0.5) is 0 Å². The summed E-state index contributed by atoms with van der Waals surface area (Å²) in [5, 5.41) is 7.73. The molecule has 3 aromatic heterocycles. The van der Waals surface area contributed by atoms with Gasteiger partial charge in [-0.15, -0.1) is 0 Å². The average molecular weight is 526 g/mol. The Morgan fingerprint density at radius 2 is 0.683 bits per heavy atom.